The van der Waals surface area contributed by atoms with Gasteiger partial charge in [0.1, 0.15) is 112 Å². The van der Waals surface area contributed by atoms with Gasteiger partial charge in [0.2, 0.25) is 0 Å². The van der Waals surface area contributed by atoms with Crippen LogP contribution in [0.15, 0.2) is 325 Å². The molecule has 4 N–H and O–H groups in total. The van der Waals surface area contributed by atoms with Gasteiger partial charge < -0.3 is 48.5 Å². The average Bonchev–Trinajstić information content (AvgIpc) is 0.795. The Bertz CT molecular complexity index is 5950. The summed E-state index contributed by atoms with van der Waals surface area (Å²) in [6.45, 7) is 1.94. The number of carbonyl (C=O) groups excluding carboxylic acids is 2. The van der Waals surface area contributed by atoms with E-state index in [9.17, 15) is 53.1 Å². The number of benzene rings is 14. The molecule has 14 rings (SSSR count). The van der Waals surface area contributed by atoms with Crippen molar-refractivity contribution in [3.63, 3.8) is 0 Å². The second-order valence-corrected chi connectivity index (χ2v) is 27.3. The predicted molar refractivity (Wildman–Crippen MR) is 423 cm³/mol. The zero-order valence-corrected chi connectivity index (χ0v) is 70.1. The van der Waals surface area contributed by atoms with Crippen molar-refractivity contribution in [2.24, 2.45) is 0 Å². The SMILES string of the molecule is C#Cc1ccc(-c2cc(C)ccc2Oc2ccc(Oc3ccc(C(=O)c4ccc(Oc5ccc(-c6ccc(OC)cc6)cc5)cc4)cc3)c(S(=O)(=O)[O-])c2)cc1.C#Cc1ccc(-c2cc(F)ccc2F)cc1.O=C(c1ccc(F)cc1)c1ccc(F)cc1.O=S(=O)([O-])c1cc(O)ccc1O.Oc1ccc(-c2ccc(O)cc2)cc1.[K+].[K+]. The van der Waals surface area contributed by atoms with Gasteiger partial charge in [-0.15, -0.1) is 12.8 Å². The van der Waals surface area contributed by atoms with Crippen LogP contribution in [0.5, 0.6) is 63.2 Å². The van der Waals surface area contributed by atoms with Crippen LogP contribution in [0, 0.1) is 54.9 Å². The van der Waals surface area contributed by atoms with Crippen LogP contribution in [0.3, 0.4) is 0 Å². The van der Waals surface area contributed by atoms with Crippen LogP contribution in [0.4, 0.5) is 17.6 Å². The van der Waals surface area contributed by atoms with E-state index in [0.29, 0.717) is 56.7 Å². The number of ketones is 2. The van der Waals surface area contributed by atoms with Gasteiger partial charge in [0, 0.05) is 56.6 Å². The van der Waals surface area contributed by atoms with Gasteiger partial charge in [0.15, 0.2) is 11.6 Å². The number of ether oxygens (including phenoxy) is 4. The van der Waals surface area contributed by atoms with E-state index < -0.39 is 59.0 Å². The number of halogens is 4. The van der Waals surface area contributed by atoms with Crippen LogP contribution in [0.1, 0.15) is 48.5 Å². The largest absolute Gasteiger partial charge is 1.00 e. The molecular weight excluding hydrogens is 1580 g/mol. The summed E-state index contributed by atoms with van der Waals surface area (Å²) in [5, 5.41) is 35.9. The summed E-state index contributed by atoms with van der Waals surface area (Å²) >= 11 is 0. The monoisotopic (exact) mass is 1640 g/mol. The number of terminal acetylenes is 2. The molecule has 0 amide bonds. The molecular formula is C92H64F4K2O16S2. The van der Waals surface area contributed by atoms with Crippen molar-refractivity contribution in [3.8, 4) is 132 Å². The van der Waals surface area contributed by atoms with Crippen LogP contribution in [0.2, 0.25) is 0 Å². The molecule has 14 aromatic rings. The Morgan fingerprint density at radius 3 is 1.10 bits per heavy atom. The fraction of sp³-hybridized carbons (Fsp3) is 0.0217. The summed E-state index contributed by atoms with van der Waals surface area (Å²) in [5.41, 5.74) is 10.6. The standard InChI is InChI=1S/C47H34O8S.C14H8F2.C13H8F2O.C12H10O2.C6H6O5S.2K/c1-4-32-6-8-35(9-7-32)43-29-31(2)5-27-44(43)55-42-26-28-45(46(30-42)56(49,50)51)54-41-24-16-37(17-25-41)47(48)36-14-22-40(23-15-36)53-39-20-12-34(13-21-39)33-10-18-38(52-3)19-11-33;1-2-10-3-5-11(6-4-10)13-9-12(15)7-8-14(13)16;14-11-5-1-9(2-6-11)13(16)10-3-7-12(15)8-4-10;13-11-5-1-9(2-6-11)10-3-7-12(14)8-4-10;7-4-1-2-5(8)6(3-4)12(9,10)11;;/h1,5-30H,2-3H3,(H,49,50,51);1,3-9H;1-8H;1-8,13-14H;1-3,7-8H,(H,9,10,11);;/q;;;;;2*+1/p-2. The first kappa shape index (κ1) is 90.3. The number of hydrogen-bond acceptors (Lipinski definition) is 16. The van der Waals surface area contributed by atoms with E-state index in [0.717, 1.165) is 80.6 Å². The van der Waals surface area contributed by atoms with Gasteiger partial charge in [-0.05, 0) is 265 Å². The molecule has 0 unspecified atom stereocenters. The fourth-order valence-corrected chi connectivity index (χ4v) is 12.0. The Morgan fingerprint density at radius 2 is 0.690 bits per heavy atom. The van der Waals surface area contributed by atoms with Gasteiger partial charge in [0.25, 0.3) is 0 Å². The Hall–Kier alpha value is -11.2. The zero-order chi connectivity index (χ0) is 81.6. The molecule has 570 valence electrons. The quantitative estimate of drug-likeness (QED) is 0.0165. The van der Waals surface area contributed by atoms with E-state index in [1.165, 1.54) is 78.9 Å². The third-order valence-electron chi connectivity index (χ3n) is 16.7. The van der Waals surface area contributed by atoms with Gasteiger partial charge in [-0.1, -0.05) is 96.3 Å². The molecule has 0 aromatic heterocycles. The minimum Gasteiger partial charge on any atom is -0.744 e. The molecule has 0 aliphatic rings. The molecule has 0 radical (unpaired) electrons. The number of methoxy groups -OCH3 is 1. The van der Waals surface area contributed by atoms with E-state index >= 15 is 0 Å². The summed E-state index contributed by atoms with van der Waals surface area (Å²) in [6, 6.07) is 82.6. The first-order valence-electron chi connectivity index (χ1n) is 34.0. The first-order valence-corrected chi connectivity index (χ1v) is 36.9. The van der Waals surface area contributed by atoms with Crippen molar-refractivity contribution in [2.75, 3.05) is 7.11 Å². The number of phenolic OH excluding ortho intramolecular Hbond substituents is 4. The normalized spacial score (nSPS) is 10.4. The summed E-state index contributed by atoms with van der Waals surface area (Å²) in [7, 11) is -8.07. The molecule has 0 heterocycles. The van der Waals surface area contributed by atoms with E-state index in [-0.39, 0.29) is 154 Å². The zero-order valence-electron chi connectivity index (χ0n) is 62.2. The molecule has 0 bridgehead atoms. The summed E-state index contributed by atoms with van der Waals surface area (Å²) in [4.78, 5) is 23.7. The van der Waals surface area contributed by atoms with E-state index in [4.69, 9.17) is 52.2 Å². The number of carbonyl (C=O) groups is 2. The van der Waals surface area contributed by atoms with Crippen molar-refractivity contribution >= 4 is 31.8 Å². The number of hydrogen-bond donors (Lipinski definition) is 4. The number of rotatable bonds is 17. The third kappa shape index (κ3) is 25.9. The fourth-order valence-electron chi connectivity index (χ4n) is 10.8. The van der Waals surface area contributed by atoms with Crippen molar-refractivity contribution in [3.05, 3.63) is 378 Å². The topological polar surface area (TPSA) is 266 Å². The minimum absolute atomic E-state index is 0. The molecule has 14 aromatic carbocycles. The number of phenols is 4. The average molecular weight is 1640 g/mol. The van der Waals surface area contributed by atoms with Gasteiger partial charge in [-0.25, -0.2) is 34.4 Å². The molecule has 16 nitrogen and oxygen atoms in total. The molecule has 0 atom stereocenters. The predicted octanol–water partition coefficient (Wildman–Crippen LogP) is 14.4. The molecule has 0 aliphatic carbocycles. The van der Waals surface area contributed by atoms with Crippen LogP contribution < -0.4 is 122 Å². The summed E-state index contributed by atoms with van der Waals surface area (Å²) in [6.07, 6.45) is 10.7. The maximum absolute atomic E-state index is 13.4. The van der Waals surface area contributed by atoms with Gasteiger partial charge in [-0.3, -0.25) is 9.59 Å². The first-order chi connectivity index (χ1) is 54.6. The Kier molecular flexibility index (Phi) is 33.0. The van der Waals surface area contributed by atoms with Crippen molar-refractivity contribution in [2.45, 2.75) is 16.7 Å². The minimum atomic E-state index is -4.98. The van der Waals surface area contributed by atoms with Crippen molar-refractivity contribution < 1.29 is 195 Å². The summed E-state index contributed by atoms with van der Waals surface area (Å²) in [5.74, 6) is 4.95. The molecule has 116 heavy (non-hydrogen) atoms. The second kappa shape index (κ2) is 42.4. The van der Waals surface area contributed by atoms with Crippen molar-refractivity contribution in [1.29, 1.82) is 0 Å². The number of aryl methyl sites for hydroxylation is 1. The molecule has 0 saturated carbocycles. The van der Waals surface area contributed by atoms with Gasteiger partial charge in [-0.2, -0.15) is 0 Å². The van der Waals surface area contributed by atoms with E-state index in [2.05, 4.69) is 11.8 Å². The maximum atomic E-state index is 13.4. The molecule has 0 aliphatic heterocycles. The molecule has 0 fully saturated rings. The van der Waals surface area contributed by atoms with Gasteiger partial charge in [0.05, 0.1) is 12.0 Å². The van der Waals surface area contributed by atoms with Crippen molar-refractivity contribution in [1.82, 2.24) is 0 Å². The Labute approximate surface area is 752 Å². The third-order valence-corrected chi connectivity index (χ3v) is 18.4. The Morgan fingerprint density at radius 1 is 0.345 bits per heavy atom. The second-order valence-electron chi connectivity index (χ2n) is 24.6. The van der Waals surface area contributed by atoms with Crippen LogP contribution in [-0.2, 0) is 20.2 Å². The van der Waals surface area contributed by atoms with Crippen LogP contribution in [-0.4, -0.2) is 65.0 Å². The van der Waals surface area contributed by atoms with Crippen LogP contribution >= 0.6 is 0 Å². The maximum Gasteiger partial charge on any atom is 1.00 e. The number of aromatic hydroxyl groups is 4. The van der Waals surface area contributed by atoms with E-state index in [1.54, 1.807) is 98.1 Å². The van der Waals surface area contributed by atoms with E-state index in [1.807, 2.05) is 116 Å². The Balaban J connectivity index is 0.000000224. The summed E-state index contributed by atoms with van der Waals surface area (Å²) < 4.78 is 143. The molecule has 0 spiro atoms. The molecule has 24 heteroatoms. The smallest absolute Gasteiger partial charge is 0.744 e. The van der Waals surface area contributed by atoms with Gasteiger partial charge >= 0.3 is 103 Å². The molecule has 0 saturated heterocycles. The van der Waals surface area contributed by atoms with Crippen LogP contribution in [0.25, 0.3) is 44.5 Å².